The Bertz CT molecular complexity index is 852. The van der Waals surface area contributed by atoms with Crippen LogP contribution < -0.4 is 10.1 Å². The van der Waals surface area contributed by atoms with Crippen LogP contribution in [0, 0.1) is 5.92 Å². The van der Waals surface area contributed by atoms with Gasteiger partial charge in [-0.3, -0.25) is 4.79 Å². The van der Waals surface area contributed by atoms with Crippen molar-refractivity contribution in [3.8, 4) is 5.75 Å². The Balaban J connectivity index is 1.57. The molecule has 1 atom stereocenters. The van der Waals surface area contributed by atoms with Crippen molar-refractivity contribution in [3.63, 3.8) is 0 Å². The number of hydrogen-bond acceptors (Lipinski definition) is 5. The molecule has 0 radical (unpaired) electrons. The molecule has 0 aromatic heterocycles. The number of benzene rings is 2. The van der Waals surface area contributed by atoms with Gasteiger partial charge in [-0.15, -0.1) is 0 Å². The van der Waals surface area contributed by atoms with E-state index in [0.717, 1.165) is 32.5 Å². The van der Waals surface area contributed by atoms with Crippen molar-refractivity contribution in [2.75, 3.05) is 19.8 Å². The molecule has 1 aliphatic rings. The molecule has 3 rings (SSSR count). The summed E-state index contributed by atoms with van der Waals surface area (Å²) < 4.78 is 16.6. The highest BCUT2D eigenvalue weighted by molar-refractivity contribution is 6.31. The van der Waals surface area contributed by atoms with Gasteiger partial charge >= 0.3 is 5.97 Å². The predicted molar refractivity (Wildman–Crippen MR) is 114 cm³/mol. The van der Waals surface area contributed by atoms with Crippen molar-refractivity contribution in [3.05, 3.63) is 64.7 Å². The Morgan fingerprint density at radius 1 is 1.17 bits per heavy atom. The van der Waals surface area contributed by atoms with Gasteiger partial charge in [-0.2, -0.15) is 0 Å². The highest BCUT2D eigenvalue weighted by atomic mass is 35.5. The zero-order chi connectivity index (χ0) is 21.3. The number of esters is 1. The molecule has 2 aromatic rings. The van der Waals surface area contributed by atoms with Gasteiger partial charge in [-0.25, -0.2) is 4.79 Å². The largest absolute Gasteiger partial charge is 0.493 e. The Kier molecular flexibility index (Phi) is 8.11. The summed E-state index contributed by atoms with van der Waals surface area (Å²) in [5.41, 5.74) is 0.718. The molecule has 2 aromatic carbocycles. The molecule has 30 heavy (non-hydrogen) atoms. The quantitative estimate of drug-likeness (QED) is 0.493. The van der Waals surface area contributed by atoms with Crippen molar-refractivity contribution < 1.29 is 23.8 Å². The highest BCUT2D eigenvalue weighted by Gasteiger charge is 2.19. The third-order valence-electron chi connectivity index (χ3n) is 4.94. The van der Waals surface area contributed by atoms with E-state index in [1.807, 2.05) is 6.07 Å². The lowest BCUT2D eigenvalue weighted by Gasteiger charge is -2.22. The first-order valence-electron chi connectivity index (χ1n) is 10.1. The van der Waals surface area contributed by atoms with Crippen LogP contribution in [0.2, 0.25) is 5.02 Å². The first-order chi connectivity index (χ1) is 14.5. The Morgan fingerprint density at radius 3 is 2.63 bits per heavy atom. The molecule has 160 valence electrons. The van der Waals surface area contributed by atoms with Gasteiger partial charge in [0.1, 0.15) is 5.75 Å². The molecule has 0 aliphatic carbocycles. The lowest BCUT2D eigenvalue weighted by atomic mass is 9.97. The molecule has 0 saturated carbocycles. The fourth-order valence-electron chi connectivity index (χ4n) is 3.27. The molecule has 1 heterocycles. The first-order valence-corrected chi connectivity index (χ1v) is 10.5. The van der Waals surface area contributed by atoms with Crippen LogP contribution in [0.15, 0.2) is 48.5 Å². The van der Waals surface area contributed by atoms with E-state index < -0.39 is 18.1 Å². The molecule has 1 amide bonds. The standard InChI is InChI=1S/C23H26ClNO5/c1-16(30-23(27)18-5-3-2-4-6-18)25-22(26)20-15-19(24)7-8-21(20)29-14-11-17-9-12-28-13-10-17/h2-8,15-17H,9-14H2,1H3,(H,25,26)/t16-/m0/s1. The van der Waals surface area contributed by atoms with Gasteiger partial charge in [-0.05, 0) is 62.4 Å². The van der Waals surface area contributed by atoms with Crippen molar-refractivity contribution >= 4 is 23.5 Å². The van der Waals surface area contributed by atoms with Crippen LogP contribution in [-0.2, 0) is 9.47 Å². The number of ether oxygens (including phenoxy) is 3. The van der Waals surface area contributed by atoms with Crippen LogP contribution in [0.3, 0.4) is 0 Å². The number of rotatable bonds is 8. The maximum atomic E-state index is 12.8. The minimum atomic E-state index is -0.820. The lowest BCUT2D eigenvalue weighted by molar-refractivity contribution is 0.0264. The van der Waals surface area contributed by atoms with Crippen molar-refractivity contribution in [2.45, 2.75) is 32.4 Å². The summed E-state index contributed by atoms with van der Waals surface area (Å²) in [5, 5.41) is 3.09. The molecule has 0 spiro atoms. The molecular formula is C23H26ClNO5. The minimum absolute atomic E-state index is 0.303. The number of amides is 1. The second-order valence-electron chi connectivity index (χ2n) is 7.22. The van der Waals surface area contributed by atoms with Crippen molar-refractivity contribution in [1.29, 1.82) is 0 Å². The second kappa shape index (κ2) is 11.0. The molecule has 0 unspecified atom stereocenters. The molecule has 7 heteroatoms. The maximum Gasteiger partial charge on any atom is 0.340 e. The van der Waals surface area contributed by atoms with Gasteiger partial charge in [0.15, 0.2) is 6.23 Å². The molecule has 1 aliphatic heterocycles. The Labute approximate surface area is 181 Å². The van der Waals surface area contributed by atoms with E-state index in [1.165, 1.54) is 0 Å². The van der Waals surface area contributed by atoms with Crippen molar-refractivity contribution in [1.82, 2.24) is 5.32 Å². The van der Waals surface area contributed by atoms with E-state index >= 15 is 0 Å². The van der Waals surface area contributed by atoms with Gasteiger partial charge in [0.05, 0.1) is 17.7 Å². The van der Waals surface area contributed by atoms with E-state index in [1.54, 1.807) is 49.4 Å². The van der Waals surface area contributed by atoms with Crippen LogP contribution in [0.5, 0.6) is 5.75 Å². The number of carbonyl (C=O) groups is 2. The van der Waals surface area contributed by atoms with Gasteiger partial charge in [-0.1, -0.05) is 29.8 Å². The highest BCUT2D eigenvalue weighted by Crippen LogP contribution is 2.25. The zero-order valence-electron chi connectivity index (χ0n) is 16.9. The summed E-state index contributed by atoms with van der Waals surface area (Å²) in [5.74, 6) is 0.0839. The number of hydrogen-bond donors (Lipinski definition) is 1. The van der Waals surface area contributed by atoms with E-state index in [0.29, 0.717) is 34.4 Å². The smallest absolute Gasteiger partial charge is 0.340 e. The second-order valence-corrected chi connectivity index (χ2v) is 7.66. The fraction of sp³-hybridized carbons (Fsp3) is 0.391. The van der Waals surface area contributed by atoms with Crippen molar-refractivity contribution in [2.24, 2.45) is 5.92 Å². The van der Waals surface area contributed by atoms with Crippen LogP contribution >= 0.6 is 11.6 Å². The summed E-state index contributed by atoms with van der Waals surface area (Å²) >= 11 is 6.08. The Morgan fingerprint density at radius 2 is 1.90 bits per heavy atom. The summed E-state index contributed by atoms with van der Waals surface area (Å²) in [4.78, 5) is 24.9. The number of carbonyl (C=O) groups excluding carboxylic acids is 2. The summed E-state index contributed by atoms with van der Waals surface area (Å²) in [6.45, 7) is 3.68. The summed E-state index contributed by atoms with van der Waals surface area (Å²) in [6, 6.07) is 13.5. The summed E-state index contributed by atoms with van der Waals surface area (Å²) in [7, 11) is 0. The van der Waals surface area contributed by atoms with E-state index in [9.17, 15) is 9.59 Å². The SMILES string of the molecule is C[C@@H](NC(=O)c1cc(Cl)ccc1OCCC1CCOCC1)OC(=O)c1ccccc1. The molecule has 1 saturated heterocycles. The van der Waals surface area contributed by atoms with Gasteiger partial charge in [0.2, 0.25) is 0 Å². The molecule has 6 nitrogen and oxygen atoms in total. The third kappa shape index (κ3) is 6.47. The van der Waals surface area contributed by atoms with Gasteiger partial charge in [0, 0.05) is 18.2 Å². The average molecular weight is 432 g/mol. The molecule has 1 fully saturated rings. The lowest BCUT2D eigenvalue weighted by Crippen LogP contribution is -2.36. The topological polar surface area (TPSA) is 73.9 Å². The predicted octanol–water partition coefficient (Wildman–Crippen LogP) is 4.47. The molecule has 0 bridgehead atoms. The average Bonchev–Trinajstić information content (AvgIpc) is 2.76. The van der Waals surface area contributed by atoms with Crippen LogP contribution in [-0.4, -0.2) is 37.9 Å². The molecular weight excluding hydrogens is 406 g/mol. The van der Waals surface area contributed by atoms with E-state index in [2.05, 4.69) is 5.32 Å². The van der Waals surface area contributed by atoms with Crippen LogP contribution in [0.25, 0.3) is 0 Å². The third-order valence-corrected chi connectivity index (χ3v) is 5.17. The normalized spacial score (nSPS) is 15.3. The monoisotopic (exact) mass is 431 g/mol. The minimum Gasteiger partial charge on any atom is -0.493 e. The van der Waals surface area contributed by atoms with E-state index in [4.69, 9.17) is 25.8 Å². The zero-order valence-corrected chi connectivity index (χ0v) is 17.7. The Hall–Kier alpha value is -2.57. The maximum absolute atomic E-state index is 12.8. The first kappa shape index (κ1) is 22.1. The van der Waals surface area contributed by atoms with Gasteiger partial charge < -0.3 is 19.5 Å². The van der Waals surface area contributed by atoms with Crippen LogP contribution in [0.4, 0.5) is 0 Å². The number of halogens is 1. The molecule has 1 N–H and O–H groups in total. The number of nitrogens with one attached hydrogen (secondary N) is 1. The van der Waals surface area contributed by atoms with E-state index in [-0.39, 0.29) is 0 Å². The van der Waals surface area contributed by atoms with Gasteiger partial charge in [0.25, 0.3) is 5.91 Å². The van der Waals surface area contributed by atoms with Crippen LogP contribution in [0.1, 0.15) is 46.9 Å². The fourth-order valence-corrected chi connectivity index (χ4v) is 3.44. The summed E-state index contributed by atoms with van der Waals surface area (Å²) in [6.07, 6.45) is 2.14.